The molecular weight excluding hydrogens is 755 g/mol. The number of aromatic carboxylic acids is 1. The maximum absolute atomic E-state index is 12.7. The monoisotopic (exact) mass is 801 g/mol. The molecule has 8 rings (SSSR count). The number of hydrogen-bond acceptors (Lipinski definition) is 10. The number of carboxylic acids is 1. The number of H-pyrrole nitrogens is 1. The second-order valence-electron chi connectivity index (χ2n) is 14.3. The Morgan fingerprint density at radius 1 is 0.650 bits per heavy atom. The van der Waals surface area contributed by atoms with Crippen LogP contribution in [-0.4, -0.2) is 79.0 Å². The number of rotatable bonds is 9. The second kappa shape index (κ2) is 19.3. The summed E-state index contributed by atoms with van der Waals surface area (Å²) >= 11 is 0. The minimum atomic E-state index is -0.992. The number of hydrogen-bond donors (Lipinski definition) is 4. The number of imidazole rings is 1. The molecule has 0 radical (unpaired) electrons. The molecule has 3 aromatic heterocycles. The number of carbonyl (C=O) groups excluding carboxylic acids is 1. The molecule has 60 heavy (non-hydrogen) atoms. The summed E-state index contributed by atoms with van der Waals surface area (Å²) in [4.78, 5) is 50.5. The van der Waals surface area contributed by atoms with Gasteiger partial charge in [-0.15, -0.1) is 0 Å². The van der Waals surface area contributed by atoms with E-state index < -0.39 is 5.97 Å². The highest BCUT2D eigenvalue weighted by atomic mass is 16.5. The number of carbonyl (C=O) groups is 2. The van der Waals surface area contributed by atoms with E-state index in [1.165, 1.54) is 6.20 Å². The van der Waals surface area contributed by atoms with Crippen LogP contribution in [0.25, 0.3) is 44.3 Å². The number of likely N-dealkylation sites (N-methyl/N-ethyl adjacent to an activating group) is 1. The van der Waals surface area contributed by atoms with Crippen molar-refractivity contribution in [2.75, 3.05) is 38.3 Å². The zero-order valence-electron chi connectivity index (χ0n) is 34.4. The van der Waals surface area contributed by atoms with E-state index in [-0.39, 0.29) is 11.5 Å². The van der Waals surface area contributed by atoms with E-state index in [9.17, 15) is 14.7 Å². The molecule has 8 aromatic rings. The van der Waals surface area contributed by atoms with Crippen LogP contribution in [0.5, 0.6) is 5.75 Å². The standard InChI is InChI=1S/C20H17N5O.C17H14N2O2.C10H16N2O/c1-12-4-3-5-13(2)16(12)14-6-7-15(18-17(14)21-8-9-22-18)19(26)25-20-23-10-11-24-20;1-10-4-3-5-11(2)14(10)12-6-7-13(17(20)21)16-15(12)18-8-9-19-16;1-12(2)7-8-13-10-5-3-9(11)4-6-10/h3-11H,1-2H3,(H2,23,24,25,26);3-9H,1-2H3,(H,20,21);3-6H,7-8,11H2,1-2H3. The van der Waals surface area contributed by atoms with Crippen LogP contribution in [0.1, 0.15) is 43.0 Å². The highest BCUT2D eigenvalue weighted by molar-refractivity contribution is 6.13. The minimum absolute atomic E-state index is 0.174. The number of fused-ring (bicyclic) bond motifs is 2. The van der Waals surface area contributed by atoms with Gasteiger partial charge < -0.3 is 25.5 Å². The summed E-state index contributed by atoms with van der Waals surface area (Å²) in [7, 11) is 4.04. The summed E-state index contributed by atoms with van der Waals surface area (Å²) in [6.45, 7) is 9.84. The van der Waals surface area contributed by atoms with Crippen molar-refractivity contribution in [3.05, 3.63) is 155 Å². The Balaban J connectivity index is 0.000000160. The van der Waals surface area contributed by atoms with Crippen molar-refractivity contribution in [2.45, 2.75) is 27.7 Å². The zero-order chi connectivity index (χ0) is 42.8. The number of nitrogen functional groups attached to an aromatic ring is 1. The van der Waals surface area contributed by atoms with Crippen LogP contribution in [0.4, 0.5) is 11.6 Å². The fourth-order valence-electron chi connectivity index (χ4n) is 6.77. The van der Waals surface area contributed by atoms with E-state index in [4.69, 9.17) is 10.5 Å². The number of nitrogens with zero attached hydrogens (tertiary/aromatic N) is 6. The average Bonchev–Trinajstić information content (AvgIpc) is 3.75. The van der Waals surface area contributed by atoms with E-state index in [2.05, 4.69) is 66.1 Å². The van der Waals surface area contributed by atoms with Crippen LogP contribution < -0.4 is 15.8 Å². The summed E-state index contributed by atoms with van der Waals surface area (Å²) in [5.41, 5.74) is 17.9. The van der Waals surface area contributed by atoms with Crippen LogP contribution in [0, 0.1) is 27.7 Å². The van der Waals surface area contributed by atoms with Crippen LogP contribution in [0.15, 0.2) is 122 Å². The maximum Gasteiger partial charge on any atom is 0.337 e. The van der Waals surface area contributed by atoms with Crippen LogP contribution in [0.2, 0.25) is 0 Å². The van der Waals surface area contributed by atoms with Gasteiger partial charge >= 0.3 is 5.97 Å². The Hall–Kier alpha value is -7.51. The van der Waals surface area contributed by atoms with E-state index in [1.807, 2.05) is 88.6 Å². The summed E-state index contributed by atoms with van der Waals surface area (Å²) < 4.78 is 5.47. The third kappa shape index (κ3) is 9.95. The predicted octanol–water partition coefficient (Wildman–Crippen LogP) is 8.71. The summed E-state index contributed by atoms with van der Waals surface area (Å²) in [6.07, 6.45) is 9.58. The average molecular weight is 802 g/mol. The highest BCUT2D eigenvalue weighted by Crippen LogP contribution is 2.34. The number of nitrogens with one attached hydrogen (secondary N) is 2. The molecule has 0 aliphatic heterocycles. The van der Waals surface area contributed by atoms with Crippen molar-refractivity contribution in [1.82, 2.24) is 34.8 Å². The largest absolute Gasteiger partial charge is 0.492 e. The van der Waals surface area contributed by atoms with Gasteiger partial charge in [0, 0.05) is 60.5 Å². The molecule has 0 saturated carbocycles. The Kier molecular flexibility index (Phi) is 13.5. The predicted molar refractivity (Wildman–Crippen MR) is 237 cm³/mol. The molecule has 5 aromatic carbocycles. The first-order valence-corrected chi connectivity index (χ1v) is 19.2. The van der Waals surface area contributed by atoms with Crippen LogP contribution in [-0.2, 0) is 0 Å². The Morgan fingerprint density at radius 3 is 1.60 bits per heavy atom. The molecule has 0 atom stereocenters. The summed E-state index contributed by atoms with van der Waals surface area (Å²) in [5, 5.41) is 12.0. The molecule has 0 saturated heterocycles. The third-order valence-corrected chi connectivity index (χ3v) is 9.64. The van der Waals surface area contributed by atoms with Crippen molar-refractivity contribution in [3.63, 3.8) is 0 Å². The van der Waals surface area contributed by atoms with Crippen LogP contribution >= 0.6 is 0 Å². The third-order valence-electron chi connectivity index (χ3n) is 9.64. The number of ether oxygens (including phenoxy) is 1. The number of carboxylic acid groups (broad SMARTS) is 1. The Labute approximate surface area is 348 Å². The van der Waals surface area contributed by atoms with Gasteiger partial charge in [-0.25, -0.2) is 9.78 Å². The number of aryl methyl sites for hydroxylation is 4. The first-order chi connectivity index (χ1) is 28.9. The van der Waals surface area contributed by atoms with Gasteiger partial charge in [-0.3, -0.25) is 30.0 Å². The molecule has 13 nitrogen and oxygen atoms in total. The normalized spacial score (nSPS) is 10.7. The van der Waals surface area contributed by atoms with Crippen molar-refractivity contribution >= 4 is 45.6 Å². The molecule has 0 aliphatic carbocycles. The first-order valence-electron chi connectivity index (χ1n) is 19.2. The lowest BCUT2D eigenvalue weighted by molar-refractivity contribution is 0.0698. The quantitative estimate of drug-likeness (QED) is 0.102. The zero-order valence-corrected chi connectivity index (χ0v) is 34.4. The minimum Gasteiger partial charge on any atom is -0.492 e. The number of benzene rings is 5. The van der Waals surface area contributed by atoms with Gasteiger partial charge in [0.2, 0.25) is 5.95 Å². The number of nitrogens with two attached hydrogens (primary N) is 1. The fourth-order valence-corrected chi connectivity index (χ4v) is 6.77. The number of anilines is 2. The van der Waals surface area contributed by atoms with E-state index >= 15 is 0 Å². The maximum atomic E-state index is 12.7. The van der Waals surface area contributed by atoms with Crippen molar-refractivity contribution in [2.24, 2.45) is 0 Å². The van der Waals surface area contributed by atoms with E-state index in [0.29, 0.717) is 40.2 Å². The number of aromatic amines is 1. The van der Waals surface area contributed by atoms with Gasteiger partial charge in [-0.05, 0) is 112 Å². The van der Waals surface area contributed by atoms with Crippen molar-refractivity contribution < 1.29 is 19.4 Å². The first kappa shape index (κ1) is 42.1. The molecule has 0 fully saturated rings. The van der Waals surface area contributed by atoms with Gasteiger partial charge in [0.25, 0.3) is 5.91 Å². The fraction of sp³-hybridized carbons (Fsp3) is 0.170. The molecular formula is C47H47N9O4. The van der Waals surface area contributed by atoms with Gasteiger partial charge in [-0.2, -0.15) is 0 Å². The summed E-state index contributed by atoms with van der Waals surface area (Å²) in [5.74, 6) is -0.00558. The number of amides is 1. The molecule has 3 heterocycles. The van der Waals surface area contributed by atoms with Crippen LogP contribution in [0.3, 0.4) is 0 Å². The Morgan fingerprint density at radius 2 is 1.13 bits per heavy atom. The lowest BCUT2D eigenvalue weighted by atomic mass is 9.93. The molecule has 0 spiro atoms. The number of aromatic nitrogens is 6. The summed E-state index contributed by atoms with van der Waals surface area (Å²) in [6, 6.07) is 26.8. The molecule has 1 amide bonds. The van der Waals surface area contributed by atoms with Gasteiger partial charge in [0.05, 0.1) is 22.2 Å². The molecule has 0 unspecified atom stereocenters. The van der Waals surface area contributed by atoms with Gasteiger partial charge in [0.1, 0.15) is 23.4 Å². The molecule has 0 aliphatic rings. The molecule has 304 valence electrons. The van der Waals surface area contributed by atoms with Gasteiger partial charge in [0.15, 0.2) is 0 Å². The molecule has 5 N–H and O–H groups in total. The SMILES string of the molecule is CN(C)CCOc1ccc(N)cc1.Cc1cccc(C)c1-c1ccc(C(=O)Nc2ncc[nH]2)c2nccnc12.Cc1cccc(C)c1-c1ccc(C(=O)O)c2nccnc12. The Bertz CT molecular complexity index is 2710. The molecule has 0 bridgehead atoms. The smallest absolute Gasteiger partial charge is 0.337 e. The van der Waals surface area contributed by atoms with Crippen molar-refractivity contribution in [1.29, 1.82) is 0 Å². The van der Waals surface area contributed by atoms with E-state index in [0.717, 1.165) is 62.5 Å². The van der Waals surface area contributed by atoms with E-state index in [1.54, 1.807) is 43.1 Å². The lowest BCUT2D eigenvalue weighted by Crippen LogP contribution is -2.19. The van der Waals surface area contributed by atoms with Gasteiger partial charge in [-0.1, -0.05) is 48.5 Å². The topological polar surface area (TPSA) is 185 Å². The molecule has 13 heteroatoms. The highest BCUT2D eigenvalue weighted by Gasteiger charge is 2.19. The van der Waals surface area contributed by atoms with Crippen molar-refractivity contribution in [3.8, 4) is 28.0 Å². The second-order valence-corrected chi connectivity index (χ2v) is 14.3. The lowest BCUT2D eigenvalue weighted by Gasteiger charge is -2.13.